The van der Waals surface area contributed by atoms with Crippen molar-refractivity contribution in [1.82, 2.24) is 5.32 Å². The number of hydrogen-bond donors (Lipinski definition) is 2. The van der Waals surface area contributed by atoms with Crippen molar-refractivity contribution < 1.29 is 23.4 Å². The number of aliphatic hydroxyl groups is 1. The van der Waals surface area contributed by atoms with Gasteiger partial charge in [-0.3, -0.25) is 4.79 Å². The van der Waals surface area contributed by atoms with Crippen LogP contribution in [0.25, 0.3) is 0 Å². The number of aliphatic hydroxyl groups excluding tert-OH is 1. The van der Waals surface area contributed by atoms with Gasteiger partial charge >= 0.3 is 0 Å². The Labute approximate surface area is 115 Å². The van der Waals surface area contributed by atoms with Crippen molar-refractivity contribution in [1.29, 1.82) is 0 Å². The highest BCUT2D eigenvalue weighted by Gasteiger charge is 2.31. The molecule has 110 valence electrons. The van der Waals surface area contributed by atoms with E-state index in [0.717, 1.165) is 5.56 Å². The van der Waals surface area contributed by atoms with E-state index in [1.165, 1.54) is 0 Å². The molecule has 0 bridgehead atoms. The van der Waals surface area contributed by atoms with Crippen molar-refractivity contribution in [3.63, 3.8) is 0 Å². The summed E-state index contributed by atoms with van der Waals surface area (Å²) in [6, 6.07) is 5.19. The lowest BCUT2D eigenvalue weighted by Crippen LogP contribution is -2.36. The first-order chi connectivity index (χ1) is 9.41. The van der Waals surface area contributed by atoms with Crippen LogP contribution in [0.5, 0.6) is 5.75 Å². The van der Waals surface area contributed by atoms with Crippen molar-refractivity contribution in [2.75, 3.05) is 6.54 Å². The van der Waals surface area contributed by atoms with Gasteiger partial charge in [-0.2, -0.15) is 0 Å². The molecule has 4 nitrogen and oxygen atoms in total. The van der Waals surface area contributed by atoms with Gasteiger partial charge in [0.2, 0.25) is 0 Å². The third-order valence-electron chi connectivity index (χ3n) is 3.55. The first-order valence-corrected chi connectivity index (χ1v) is 6.45. The number of ether oxygens (including phenoxy) is 1. The second-order valence-corrected chi connectivity index (χ2v) is 4.95. The van der Waals surface area contributed by atoms with Gasteiger partial charge in [-0.1, -0.05) is 19.1 Å². The number of hydrogen-bond acceptors (Lipinski definition) is 3. The summed E-state index contributed by atoms with van der Waals surface area (Å²) in [5.74, 6) is 0.142. The molecule has 0 saturated carbocycles. The second-order valence-electron chi connectivity index (χ2n) is 4.95. The molecule has 1 heterocycles. The SMILES string of the molecule is CC1Oc2c(C(=O)NCC(O)C(F)F)cccc2C1C. The molecule has 20 heavy (non-hydrogen) atoms. The van der Waals surface area contributed by atoms with Crippen LogP contribution in [0.15, 0.2) is 18.2 Å². The lowest BCUT2D eigenvalue weighted by Gasteiger charge is -2.12. The summed E-state index contributed by atoms with van der Waals surface area (Å²) in [7, 11) is 0. The van der Waals surface area contributed by atoms with Crippen LogP contribution in [-0.2, 0) is 0 Å². The van der Waals surface area contributed by atoms with Crippen molar-refractivity contribution >= 4 is 5.91 Å². The molecule has 1 amide bonds. The fourth-order valence-electron chi connectivity index (χ4n) is 2.15. The molecule has 0 saturated heterocycles. The summed E-state index contributed by atoms with van der Waals surface area (Å²) < 4.78 is 30.0. The van der Waals surface area contributed by atoms with Crippen LogP contribution in [0.1, 0.15) is 35.7 Å². The maximum Gasteiger partial charge on any atom is 0.265 e. The standard InChI is InChI=1S/C14H17F2NO3/c1-7-8(2)20-12-9(7)4-3-5-10(12)14(19)17-6-11(18)13(15)16/h3-5,7-8,11,13,18H,6H2,1-2H3,(H,17,19). The molecule has 0 fully saturated rings. The van der Waals surface area contributed by atoms with Gasteiger partial charge in [-0.05, 0) is 13.0 Å². The summed E-state index contributed by atoms with van der Waals surface area (Å²) in [4.78, 5) is 12.0. The Kier molecular flexibility index (Phi) is 4.23. The second kappa shape index (κ2) is 5.75. The average molecular weight is 285 g/mol. The molecular formula is C14H17F2NO3. The largest absolute Gasteiger partial charge is 0.489 e. The summed E-state index contributed by atoms with van der Waals surface area (Å²) >= 11 is 0. The Morgan fingerprint density at radius 1 is 1.45 bits per heavy atom. The number of amides is 1. The Balaban J connectivity index is 2.13. The van der Waals surface area contributed by atoms with Crippen LogP contribution in [0.4, 0.5) is 8.78 Å². The van der Waals surface area contributed by atoms with Crippen LogP contribution in [0.3, 0.4) is 0 Å². The summed E-state index contributed by atoms with van der Waals surface area (Å²) in [6.45, 7) is 3.41. The fraction of sp³-hybridized carbons (Fsp3) is 0.500. The molecule has 1 aromatic carbocycles. The topological polar surface area (TPSA) is 58.6 Å². The van der Waals surface area contributed by atoms with Crippen molar-refractivity contribution in [3.8, 4) is 5.75 Å². The number of alkyl halides is 2. The summed E-state index contributed by atoms with van der Waals surface area (Å²) in [5, 5.41) is 11.3. The average Bonchev–Trinajstić information content (AvgIpc) is 2.71. The molecule has 3 atom stereocenters. The van der Waals surface area contributed by atoms with Crippen molar-refractivity contribution in [2.24, 2.45) is 0 Å². The molecule has 3 unspecified atom stereocenters. The van der Waals surface area contributed by atoms with Gasteiger partial charge in [0.1, 0.15) is 18.0 Å². The molecule has 1 aliphatic heterocycles. The smallest absolute Gasteiger partial charge is 0.265 e. The van der Waals surface area contributed by atoms with Crippen LogP contribution in [-0.4, -0.2) is 36.2 Å². The quantitative estimate of drug-likeness (QED) is 0.888. The van der Waals surface area contributed by atoms with E-state index in [-0.39, 0.29) is 12.0 Å². The van der Waals surface area contributed by atoms with E-state index in [4.69, 9.17) is 9.84 Å². The number of halogens is 2. The number of carbonyl (C=O) groups excluding carboxylic acids is 1. The molecule has 0 aromatic heterocycles. The van der Waals surface area contributed by atoms with Crippen molar-refractivity contribution in [2.45, 2.75) is 38.4 Å². The first kappa shape index (κ1) is 14.7. The highest BCUT2D eigenvalue weighted by molar-refractivity contribution is 5.97. The van der Waals surface area contributed by atoms with Gasteiger partial charge in [0.25, 0.3) is 12.3 Å². The first-order valence-electron chi connectivity index (χ1n) is 6.45. The van der Waals surface area contributed by atoms with E-state index < -0.39 is 25.0 Å². The Morgan fingerprint density at radius 3 is 2.80 bits per heavy atom. The van der Waals surface area contributed by atoms with E-state index in [9.17, 15) is 13.6 Å². The van der Waals surface area contributed by atoms with Gasteiger partial charge < -0.3 is 15.2 Å². The number of para-hydroxylation sites is 1. The van der Waals surface area contributed by atoms with E-state index in [1.807, 2.05) is 19.9 Å². The van der Waals surface area contributed by atoms with Crippen LogP contribution in [0, 0.1) is 0 Å². The van der Waals surface area contributed by atoms with Gasteiger partial charge in [0.15, 0.2) is 0 Å². The fourth-order valence-corrected chi connectivity index (χ4v) is 2.15. The van der Waals surface area contributed by atoms with E-state index in [1.54, 1.807) is 12.1 Å². The minimum atomic E-state index is -2.88. The summed E-state index contributed by atoms with van der Waals surface area (Å²) in [6.07, 6.45) is -4.78. The normalized spacial score (nSPS) is 22.3. The zero-order valence-corrected chi connectivity index (χ0v) is 11.3. The molecule has 1 aliphatic rings. The lowest BCUT2D eigenvalue weighted by molar-refractivity contribution is -0.00271. The van der Waals surface area contributed by atoms with E-state index >= 15 is 0 Å². The van der Waals surface area contributed by atoms with Crippen molar-refractivity contribution in [3.05, 3.63) is 29.3 Å². The highest BCUT2D eigenvalue weighted by Crippen LogP contribution is 2.40. The molecule has 1 aromatic rings. The number of carbonyl (C=O) groups is 1. The molecule has 2 N–H and O–H groups in total. The number of nitrogens with one attached hydrogen (secondary N) is 1. The zero-order chi connectivity index (χ0) is 14.9. The minimum Gasteiger partial charge on any atom is -0.489 e. The number of fused-ring (bicyclic) bond motifs is 1. The predicted octanol–water partition coefficient (Wildman–Crippen LogP) is 1.93. The van der Waals surface area contributed by atoms with Crippen LogP contribution >= 0.6 is 0 Å². The maximum absolute atomic E-state index is 12.2. The maximum atomic E-state index is 12.2. The Hall–Kier alpha value is -1.69. The Morgan fingerprint density at radius 2 is 2.15 bits per heavy atom. The molecule has 6 heteroatoms. The molecule has 2 rings (SSSR count). The summed E-state index contributed by atoms with van der Waals surface area (Å²) in [5.41, 5.74) is 1.24. The number of benzene rings is 1. The highest BCUT2D eigenvalue weighted by atomic mass is 19.3. The molecular weight excluding hydrogens is 268 g/mol. The van der Waals surface area contributed by atoms with Gasteiger partial charge in [-0.25, -0.2) is 8.78 Å². The van der Waals surface area contributed by atoms with E-state index in [0.29, 0.717) is 11.3 Å². The van der Waals surface area contributed by atoms with E-state index in [2.05, 4.69) is 5.32 Å². The van der Waals surface area contributed by atoms with Crippen LogP contribution < -0.4 is 10.1 Å². The monoisotopic (exact) mass is 285 g/mol. The van der Waals surface area contributed by atoms with Crippen LogP contribution in [0.2, 0.25) is 0 Å². The third-order valence-corrected chi connectivity index (χ3v) is 3.55. The third kappa shape index (κ3) is 2.75. The number of rotatable bonds is 4. The Bertz CT molecular complexity index is 507. The molecule has 0 aliphatic carbocycles. The zero-order valence-electron chi connectivity index (χ0n) is 11.3. The predicted molar refractivity (Wildman–Crippen MR) is 69.3 cm³/mol. The lowest BCUT2D eigenvalue weighted by atomic mass is 9.97. The molecule has 0 radical (unpaired) electrons. The van der Waals surface area contributed by atoms with Gasteiger partial charge in [0, 0.05) is 18.0 Å². The minimum absolute atomic E-state index is 0.0365. The van der Waals surface area contributed by atoms with Gasteiger partial charge in [0.05, 0.1) is 5.56 Å². The van der Waals surface area contributed by atoms with Gasteiger partial charge in [-0.15, -0.1) is 0 Å². The molecule has 0 spiro atoms.